The number of likely N-dealkylation sites (tertiary alicyclic amines) is 1. The highest BCUT2D eigenvalue weighted by Gasteiger charge is 2.35. The number of aliphatic hydroxyl groups excluding tert-OH is 1. The average molecular weight is 556 g/mol. The number of rotatable bonds is 15. The number of hydrogen-bond donors (Lipinski definition) is 3. The van der Waals surface area contributed by atoms with Crippen LogP contribution in [-0.4, -0.2) is 87.3 Å². The average Bonchev–Trinajstić information content (AvgIpc) is 3.44. The summed E-state index contributed by atoms with van der Waals surface area (Å²) in [6.07, 6.45) is 6.48. The van der Waals surface area contributed by atoms with E-state index in [2.05, 4.69) is 16.3 Å². The van der Waals surface area contributed by atoms with E-state index in [9.17, 15) is 9.90 Å². The Morgan fingerprint density at radius 1 is 1.05 bits per heavy atom. The summed E-state index contributed by atoms with van der Waals surface area (Å²) in [6.45, 7) is 3.38. The molecule has 0 spiro atoms. The van der Waals surface area contributed by atoms with Crippen molar-refractivity contribution in [3.05, 3.63) is 53.6 Å². The molecule has 40 heavy (non-hydrogen) atoms. The number of carbonyl (C=O) groups excluding carboxylic acids is 1. The molecule has 1 aliphatic carbocycles. The van der Waals surface area contributed by atoms with Gasteiger partial charge >= 0.3 is 0 Å². The SMILES string of the molecule is COc1ccc(CCO[C@H]2CCCC[C@@H]2N2CCC(NCC(O)COc3ccc(CC(N)=O)cc3)C2)cc1OC. The second-order valence-corrected chi connectivity index (χ2v) is 10.8. The summed E-state index contributed by atoms with van der Waals surface area (Å²) in [5.74, 6) is 1.79. The Morgan fingerprint density at radius 3 is 2.55 bits per heavy atom. The van der Waals surface area contributed by atoms with Crippen molar-refractivity contribution in [2.24, 2.45) is 5.73 Å². The highest BCUT2D eigenvalue weighted by Crippen LogP contribution is 2.30. The molecule has 9 nitrogen and oxygen atoms in total. The van der Waals surface area contributed by atoms with E-state index < -0.39 is 6.10 Å². The first kappa shape index (κ1) is 30.1. The number of nitrogens with zero attached hydrogens (tertiary/aromatic N) is 1. The van der Waals surface area contributed by atoms with Crippen LogP contribution in [0.5, 0.6) is 17.2 Å². The summed E-state index contributed by atoms with van der Waals surface area (Å²) in [4.78, 5) is 13.6. The van der Waals surface area contributed by atoms with Crippen LogP contribution in [-0.2, 0) is 22.4 Å². The lowest BCUT2D eigenvalue weighted by Gasteiger charge is -2.38. The first-order valence-electron chi connectivity index (χ1n) is 14.4. The number of aliphatic hydroxyl groups is 1. The van der Waals surface area contributed by atoms with E-state index in [1.54, 1.807) is 26.4 Å². The van der Waals surface area contributed by atoms with Gasteiger partial charge in [-0.15, -0.1) is 0 Å². The summed E-state index contributed by atoms with van der Waals surface area (Å²) in [7, 11) is 3.31. The first-order valence-corrected chi connectivity index (χ1v) is 14.4. The molecule has 2 unspecified atom stereocenters. The molecule has 220 valence electrons. The normalized spacial score (nSPS) is 22.1. The maximum absolute atomic E-state index is 11.0. The van der Waals surface area contributed by atoms with Crippen LogP contribution in [0.4, 0.5) is 0 Å². The molecule has 9 heteroatoms. The van der Waals surface area contributed by atoms with Gasteiger partial charge in [-0.3, -0.25) is 9.69 Å². The minimum Gasteiger partial charge on any atom is -0.493 e. The van der Waals surface area contributed by atoms with Crippen molar-refractivity contribution < 1.29 is 28.8 Å². The molecule has 1 heterocycles. The number of benzene rings is 2. The highest BCUT2D eigenvalue weighted by molar-refractivity contribution is 5.76. The zero-order chi connectivity index (χ0) is 28.3. The maximum Gasteiger partial charge on any atom is 0.221 e. The fourth-order valence-electron chi connectivity index (χ4n) is 5.77. The summed E-state index contributed by atoms with van der Waals surface area (Å²) in [5.41, 5.74) is 7.26. The minimum absolute atomic E-state index is 0.206. The van der Waals surface area contributed by atoms with Gasteiger partial charge in [-0.1, -0.05) is 31.0 Å². The van der Waals surface area contributed by atoms with Crippen LogP contribution < -0.4 is 25.3 Å². The van der Waals surface area contributed by atoms with E-state index in [4.69, 9.17) is 24.7 Å². The van der Waals surface area contributed by atoms with Crippen LogP contribution in [0.2, 0.25) is 0 Å². The van der Waals surface area contributed by atoms with Gasteiger partial charge in [0, 0.05) is 31.7 Å². The molecule has 1 saturated heterocycles. The van der Waals surface area contributed by atoms with Gasteiger partial charge in [0.15, 0.2) is 11.5 Å². The molecule has 2 aromatic rings. The standard InChI is InChI=1S/C31H45N3O6/c1-37-29-12-9-23(17-30(29)38-2)14-16-39-28-6-4-3-5-27(28)34-15-13-24(20-34)33-19-25(35)21-40-26-10-7-22(8-11-26)18-31(32)36/h7-12,17,24-25,27-28,33,35H,3-6,13-16,18-21H2,1-2H3,(H2,32,36)/t24?,25?,27-,28-/m0/s1. The highest BCUT2D eigenvalue weighted by atomic mass is 16.5. The first-order chi connectivity index (χ1) is 19.4. The third-order valence-electron chi connectivity index (χ3n) is 7.91. The fraction of sp³-hybridized carbons (Fsp3) is 0.581. The lowest BCUT2D eigenvalue weighted by atomic mass is 9.91. The third-order valence-corrected chi connectivity index (χ3v) is 7.91. The van der Waals surface area contributed by atoms with E-state index in [1.165, 1.54) is 24.8 Å². The largest absolute Gasteiger partial charge is 0.493 e. The van der Waals surface area contributed by atoms with Gasteiger partial charge in [0.25, 0.3) is 0 Å². The van der Waals surface area contributed by atoms with Crippen LogP contribution >= 0.6 is 0 Å². The Kier molecular flexibility index (Phi) is 11.5. The lowest BCUT2D eigenvalue weighted by Crippen LogP contribution is -2.47. The smallest absolute Gasteiger partial charge is 0.221 e. The second-order valence-electron chi connectivity index (χ2n) is 10.8. The molecule has 4 rings (SSSR count). The molecule has 1 aliphatic heterocycles. The molecule has 2 aromatic carbocycles. The minimum atomic E-state index is -0.610. The topological polar surface area (TPSA) is 116 Å². The molecule has 1 amide bonds. The molecule has 2 fully saturated rings. The Labute approximate surface area is 237 Å². The molecule has 0 bridgehead atoms. The molecule has 4 N–H and O–H groups in total. The number of hydrogen-bond acceptors (Lipinski definition) is 8. The van der Waals surface area contributed by atoms with Crippen molar-refractivity contribution in [3.8, 4) is 17.2 Å². The Hall–Kier alpha value is -2.85. The van der Waals surface area contributed by atoms with Crippen LogP contribution in [0.25, 0.3) is 0 Å². The molecule has 1 saturated carbocycles. The Balaban J connectivity index is 1.17. The van der Waals surface area contributed by atoms with Crippen LogP contribution in [0.1, 0.15) is 43.2 Å². The van der Waals surface area contributed by atoms with E-state index >= 15 is 0 Å². The van der Waals surface area contributed by atoms with Crippen molar-refractivity contribution in [1.82, 2.24) is 10.2 Å². The zero-order valence-electron chi connectivity index (χ0n) is 23.8. The molecule has 4 atom stereocenters. The number of methoxy groups -OCH3 is 2. The maximum atomic E-state index is 11.0. The van der Waals surface area contributed by atoms with Crippen molar-refractivity contribution in [1.29, 1.82) is 0 Å². The van der Waals surface area contributed by atoms with Crippen molar-refractivity contribution in [3.63, 3.8) is 0 Å². The summed E-state index contributed by atoms with van der Waals surface area (Å²) in [5, 5.41) is 14.0. The monoisotopic (exact) mass is 555 g/mol. The lowest BCUT2D eigenvalue weighted by molar-refractivity contribution is -0.117. The van der Waals surface area contributed by atoms with Crippen LogP contribution in [0.15, 0.2) is 42.5 Å². The van der Waals surface area contributed by atoms with Crippen molar-refractivity contribution in [2.45, 2.75) is 69.2 Å². The number of primary amides is 1. The second kappa shape index (κ2) is 15.2. The van der Waals surface area contributed by atoms with E-state index in [-0.39, 0.29) is 25.0 Å². The number of carbonyl (C=O) groups is 1. The molecule has 2 aliphatic rings. The van der Waals surface area contributed by atoms with Crippen molar-refractivity contribution >= 4 is 5.91 Å². The quantitative estimate of drug-likeness (QED) is 0.307. The van der Waals surface area contributed by atoms with Crippen LogP contribution in [0.3, 0.4) is 0 Å². The predicted octanol–water partition coefficient (Wildman–Crippen LogP) is 2.71. The van der Waals surface area contributed by atoms with E-state index in [0.29, 0.717) is 31.0 Å². The molecular formula is C31H45N3O6. The number of nitrogens with two attached hydrogens (primary N) is 1. The molecule has 0 radical (unpaired) electrons. The Bertz CT molecular complexity index is 1070. The predicted molar refractivity (Wildman–Crippen MR) is 154 cm³/mol. The summed E-state index contributed by atoms with van der Waals surface area (Å²) >= 11 is 0. The fourth-order valence-corrected chi connectivity index (χ4v) is 5.77. The van der Waals surface area contributed by atoms with Gasteiger partial charge in [0.05, 0.1) is 33.4 Å². The third kappa shape index (κ3) is 8.83. The van der Waals surface area contributed by atoms with E-state index in [1.807, 2.05) is 24.3 Å². The number of nitrogens with one attached hydrogen (secondary N) is 1. The van der Waals surface area contributed by atoms with Crippen LogP contribution in [0, 0.1) is 0 Å². The number of ether oxygens (including phenoxy) is 4. The van der Waals surface area contributed by atoms with Gasteiger partial charge in [0.2, 0.25) is 5.91 Å². The zero-order valence-corrected chi connectivity index (χ0v) is 23.8. The molecular weight excluding hydrogens is 510 g/mol. The Morgan fingerprint density at radius 2 is 1.80 bits per heavy atom. The molecule has 0 aromatic heterocycles. The van der Waals surface area contributed by atoms with Gasteiger partial charge in [0.1, 0.15) is 18.5 Å². The van der Waals surface area contributed by atoms with E-state index in [0.717, 1.165) is 49.4 Å². The summed E-state index contributed by atoms with van der Waals surface area (Å²) < 4.78 is 23.0. The number of amides is 1. The van der Waals surface area contributed by atoms with Crippen molar-refractivity contribution in [2.75, 3.05) is 47.1 Å². The van der Waals surface area contributed by atoms with Gasteiger partial charge < -0.3 is 35.1 Å². The van der Waals surface area contributed by atoms with Gasteiger partial charge in [-0.05, 0) is 61.1 Å². The van der Waals surface area contributed by atoms with Gasteiger partial charge in [-0.2, -0.15) is 0 Å². The summed E-state index contributed by atoms with van der Waals surface area (Å²) in [6, 6.07) is 14.1. The van der Waals surface area contributed by atoms with Gasteiger partial charge in [-0.25, -0.2) is 0 Å².